The molecule has 0 aliphatic carbocycles. The molecule has 1 amide bonds. The van der Waals surface area contributed by atoms with Crippen molar-refractivity contribution in [2.45, 2.75) is 269 Å². The van der Waals surface area contributed by atoms with Gasteiger partial charge in [-0.3, -0.25) is 4.79 Å². The first-order valence-electron chi connectivity index (χ1n) is 23.7. The molecule has 0 bridgehead atoms. The van der Waals surface area contributed by atoms with Gasteiger partial charge >= 0.3 is 0 Å². The van der Waals surface area contributed by atoms with E-state index in [0.29, 0.717) is 12.8 Å². The molecule has 0 heterocycles. The zero-order valence-corrected chi connectivity index (χ0v) is 36.0. The Morgan fingerprint density at radius 2 is 0.796 bits per heavy atom. The molecular weight excluding hydrogens is 671 g/mol. The highest BCUT2D eigenvalue weighted by Crippen LogP contribution is 2.17. The summed E-state index contributed by atoms with van der Waals surface area (Å²) in [6, 6.07) is -0.988. The average molecular weight is 764 g/mol. The minimum atomic E-state index is -1.26. The lowest BCUT2D eigenvalue weighted by molar-refractivity contribution is -0.132. The van der Waals surface area contributed by atoms with Crippen molar-refractivity contribution in [1.82, 2.24) is 5.32 Å². The van der Waals surface area contributed by atoms with E-state index in [1.54, 1.807) is 0 Å². The van der Waals surface area contributed by atoms with Crippen LogP contribution in [0.25, 0.3) is 0 Å². The Balaban J connectivity index is 3.69. The van der Waals surface area contributed by atoms with Gasteiger partial charge in [-0.1, -0.05) is 224 Å². The molecule has 0 saturated heterocycles. The van der Waals surface area contributed by atoms with Crippen molar-refractivity contribution in [2.24, 2.45) is 0 Å². The van der Waals surface area contributed by atoms with Gasteiger partial charge in [-0.2, -0.15) is 0 Å². The number of allylic oxidation sites excluding steroid dienone is 4. The molecule has 5 N–H and O–H groups in total. The Morgan fingerprint density at radius 3 is 1.20 bits per heavy atom. The predicted molar refractivity (Wildman–Crippen MR) is 233 cm³/mol. The molecule has 4 unspecified atom stereocenters. The first kappa shape index (κ1) is 52.8. The van der Waals surface area contributed by atoms with Crippen molar-refractivity contribution in [3.63, 3.8) is 0 Å². The standard InChI is InChI=1S/C48H93NO5/c1-3-5-7-9-11-13-15-17-19-21-22-23-24-25-26-28-29-31-33-35-37-39-41-45(51)47(53)44(43-50)49-48(54)46(52)42-40-38-36-34-32-30-27-20-18-16-14-12-10-8-6-4-2/h12,14,18,20,44-47,50-53H,3-11,13,15-17,19,21-43H2,1-2H3,(H,49,54)/b14-12-,20-18-. The Bertz CT molecular complexity index is 817. The third-order valence-electron chi connectivity index (χ3n) is 11.2. The quantitative estimate of drug-likeness (QED) is 0.0314. The number of hydrogen-bond acceptors (Lipinski definition) is 5. The molecule has 0 radical (unpaired) electrons. The second kappa shape index (κ2) is 42.9. The van der Waals surface area contributed by atoms with Crippen LogP contribution in [-0.2, 0) is 4.79 Å². The smallest absolute Gasteiger partial charge is 0.249 e. The van der Waals surface area contributed by atoms with E-state index in [1.165, 1.54) is 161 Å². The van der Waals surface area contributed by atoms with Crippen LogP contribution in [0.1, 0.15) is 245 Å². The molecule has 0 aliphatic heterocycles. The fraction of sp³-hybridized carbons (Fsp3) is 0.896. The minimum Gasteiger partial charge on any atom is -0.394 e. The van der Waals surface area contributed by atoms with Gasteiger partial charge in [0.25, 0.3) is 0 Å². The lowest BCUT2D eigenvalue weighted by Crippen LogP contribution is -2.53. The molecule has 0 rings (SSSR count). The number of aliphatic hydroxyl groups excluding tert-OH is 4. The second-order valence-electron chi connectivity index (χ2n) is 16.5. The van der Waals surface area contributed by atoms with E-state index < -0.39 is 36.9 Å². The van der Waals surface area contributed by atoms with E-state index in [9.17, 15) is 25.2 Å². The highest BCUT2D eigenvalue weighted by Gasteiger charge is 2.28. The van der Waals surface area contributed by atoms with Crippen LogP contribution in [0, 0.1) is 0 Å². The van der Waals surface area contributed by atoms with Gasteiger partial charge in [0.2, 0.25) is 5.91 Å². The summed E-state index contributed by atoms with van der Waals surface area (Å²) in [4.78, 5) is 12.5. The van der Waals surface area contributed by atoms with Crippen molar-refractivity contribution in [1.29, 1.82) is 0 Å². The fourth-order valence-electron chi connectivity index (χ4n) is 7.38. The minimum absolute atomic E-state index is 0.358. The zero-order valence-electron chi connectivity index (χ0n) is 36.0. The van der Waals surface area contributed by atoms with Crippen molar-refractivity contribution >= 4 is 5.91 Å². The van der Waals surface area contributed by atoms with E-state index >= 15 is 0 Å². The molecular formula is C48H93NO5. The number of carbonyl (C=O) groups excluding carboxylic acids is 1. The van der Waals surface area contributed by atoms with E-state index in [4.69, 9.17) is 0 Å². The van der Waals surface area contributed by atoms with Gasteiger partial charge in [0.1, 0.15) is 12.2 Å². The number of rotatable bonds is 43. The van der Waals surface area contributed by atoms with Crippen LogP contribution in [-0.4, -0.2) is 57.3 Å². The molecule has 6 nitrogen and oxygen atoms in total. The van der Waals surface area contributed by atoms with Crippen LogP contribution < -0.4 is 5.32 Å². The van der Waals surface area contributed by atoms with E-state index in [0.717, 1.165) is 57.8 Å². The normalized spacial score (nSPS) is 14.3. The number of carbonyl (C=O) groups is 1. The van der Waals surface area contributed by atoms with Crippen LogP contribution in [0.5, 0.6) is 0 Å². The summed E-state index contributed by atoms with van der Waals surface area (Å²) in [6.07, 6.45) is 49.2. The fourth-order valence-corrected chi connectivity index (χ4v) is 7.38. The maximum Gasteiger partial charge on any atom is 0.249 e. The molecule has 320 valence electrons. The third-order valence-corrected chi connectivity index (χ3v) is 11.2. The molecule has 0 fully saturated rings. The molecule has 0 aromatic heterocycles. The summed E-state index contributed by atoms with van der Waals surface area (Å²) < 4.78 is 0. The third kappa shape index (κ3) is 36.4. The highest BCUT2D eigenvalue weighted by atomic mass is 16.3. The van der Waals surface area contributed by atoms with Crippen molar-refractivity contribution < 1.29 is 25.2 Å². The molecule has 0 aromatic rings. The van der Waals surface area contributed by atoms with Gasteiger partial charge in [0.15, 0.2) is 0 Å². The Morgan fingerprint density at radius 1 is 0.463 bits per heavy atom. The van der Waals surface area contributed by atoms with Crippen molar-refractivity contribution in [3.05, 3.63) is 24.3 Å². The van der Waals surface area contributed by atoms with Crippen LogP contribution in [0.15, 0.2) is 24.3 Å². The lowest BCUT2D eigenvalue weighted by atomic mass is 9.99. The largest absolute Gasteiger partial charge is 0.394 e. The first-order valence-corrected chi connectivity index (χ1v) is 23.7. The van der Waals surface area contributed by atoms with E-state index in [2.05, 4.69) is 43.5 Å². The Labute approximate surface area is 335 Å². The summed E-state index contributed by atoms with van der Waals surface area (Å²) in [5.41, 5.74) is 0. The second-order valence-corrected chi connectivity index (χ2v) is 16.5. The maximum atomic E-state index is 12.5. The topological polar surface area (TPSA) is 110 Å². The number of nitrogens with one attached hydrogen (secondary N) is 1. The van der Waals surface area contributed by atoms with Crippen LogP contribution in [0.2, 0.25) is 0 Å². The molecule has 0 aliphatic rings. The van der Waals surface area contributed by atoms with Gasteiger partial charge in [-0.15, -0.1) is 0 Å². The van der Waals surface area contributed by atoms with Gasteiger partial charge in [-0.25, -0.2) is 0 Å². The maximum absolute atomic E-state index is 12.5. The number of amides is 1. The van der Waals surface area contributed by atoms with Crippen molar-refractivity contribution in [2.75, 3.05) is 6.61 Å². The Hall–Kier alpha value is -1.21. The van der Waals surface area contributed by atoms with Gasteiger partial charge < -0.3 is 25.7 Å². The van der Waals surface area contributed by atoms with Gasteiger partial charge in [-0.05, 0) is 44.9 Å². The van der Waals surface area contributed by atoms with E-state index in [-0.39, 0.29) is 0 Å². The summed E-state index contributed by atoms with van der Waals surface area (Å²) >= 11 is 0. The SMILES string of the molecule is CCCCC/C=C\C/C=C\CCCCCCCCC(O)C(=O)NC(CO)C(O)C(O)CCCCCCCCCCCCCCCCCCCCCCCC. The predicted octanol–water partition coefficient (Wildman–Crippen LogP) is 12.7. The summed E-state index contributed by atoms with van der Waals surface area (Å²) in [7, 11) is 0. The zero-order chi connectivity index (χ0) is 39.6. The number of hydrogen-bond donors (Lipinski definition) is 5. The summed E-state index contributed by atoms with van der Waals surface area (Å²) in [6.45, 7) is 4.03. The van der Waals surface area contributed by atoms with Crippen LogP contribution in [0.3, 0.4) is 0 Å². The van der Waals surface area contributed by atoms with Gasteiger partial charge in [0.05, 0.1) is 18.8 Å². The summed E-state index contributed by atoms with van der Waals surface area (Å²) in [5.74, 6) is -0.591. The van der Waals surface area contributed by atoms with Crippen molar-refractivity contribution in [3.8, 4) is 0 Å². The summed E-state index contributed by atoms with van der Waals surface area (Å²) in [5, 5.41) is 43.8. The molecule has 0 aromatic carbocycles. The number of aliphatic hydroxyl groups is 4. The lowest BCUT2D eigenvalue weighted by Gasteiger charge is -2.27. The molecule has 0 spiro atoms. The Kier molecular flexibility index (Phi) is 42.0. The van der Waals surface area contributed by atoms with Crippen LogP contribution >= 0.6 is 0 Å². The van der Waals surface area contributed by atoms with Gasteiger partial charge in [0, 0.05) is 0 Å². The molecule has 4 atom stereocenters. The van der Waals surface area contributed by atoms with E-state index in [1.807, 2.05) is 0 Å². The molecule has 54 heavy (non-hydrogen) atoms. The van der Waals surface area contributed by atoms with Crippen LogP contribution in [0.4, 0.5) is 0 Å². The first-order chi connectivity index (χ1) is 26.5. The molecule has 0 saturated carbocycles. The number of unbranched alkanes of at least 4 members (excludes halogenated alkanes) is 30. The highest BCUT2D eigenvalue weighted by molar-refractivity contribution is 5.80. The molecule has 6 heteroatoms. The average Bonchev–Trinajstić information content (AvgIpc) is 3.18. The monoisotopic (exact) mass is 764 g/mol.